The van der Waals surface area contributed by atoms with Crippen LogP contribution in [0.25, 0.3) is 0 Å². The van der Waals surface area contributed by atoms with Crippen molar-refractivity contribution >= 4 is 17.9 Å². The van der Waals surface area contributed by atoms with Crippen molar-refractivity contribution in [2.24, 2.45) is 0 Å². The second kappa shape index (κ2) is 20.4. The lowest BCUT2D eigenvalue weighted by Gasteiger charge is -2.04. The molecule has 0 saturated heterocycles. The molecule has 0 bridgehead atoms. The van der Waals surface area contributed by atoms with Gasteiger partial charge in [-0.25, -0.2) is 4.79 Å². The second-order valence-corrected chi connectivity index (χ2v) is 4.91. The van der Waals surface area contributed by atoms with E-state index in [1.807, 2.05) is 0 Å². The molecule has 0 amide bonds. The Hall–Kier alpha value is -1.63. The van der Waals surface area contributed by atoms with Crippen LogP contribution in [-0.2, 0) is 14.4 Å². The molecule has 0 rings (SSSR count). The molecule has 138 valence electrons. The Morgan fingerprint density at radius 1 is 0.739 bits per heavy atom. The van der Waals surface area contributed by atoms with Gasteiger partial charge in [0.15, 0.2) is 6.10 Å². The highest BCUT2D eigenvalue weighted by Crippen LogP contribution is 2.08. The molecular weight excluding hydrogens is 304 g/mol. The molecule has 0 aliphatic heterocycles. The van der Waals surface area contributed by atoms with Crippen LogP contribution in [0.4, 0.5) is 0 Å². The van der Waals surface area contributed by atoms with Crippen LogP contribution < -0.4 is 0 Å². The summed E-state index contributed by atoms with van der Waals surface area (Å²) in [6, 6.07) is 0. The number of aliphatic hydroxyl groups is 1. The summed E-state index contributed by atoms with van der Waals surface area (Å²) in [6.07, 6.45) is 6.37. The highest BCUT2D eigenvalue weighted by Gasteiger charge is 2.11. The third-order valence-electron chi connectivity index (χ3n) is 2.72. The minimum Gasteiger partial charge on any atom is -0.481 e. The first-order chi connectivity index (χ1) is 10.7. The van der Waals surface area contributed by atoms with Crippen molar-refractivity contribution in [2.45, 2.75) is 84.7 Å². The standard InChI is InChI=1S/C10H20O3.2C3H6O2/c1-2-3-4-5-6-7-8-9(11)10(12)13;2*1-2-3(4)5/h9,11H,2-8H2,1H3,(H,12,13);2*2H2,1H3,(H,4,5). The maximum Gasteiger partial charge on any atom is 0.332 e. The Morgan fingerprint density at radius 2 is 1.09 bits per heavy atom. The van der Waals surface area contributed by atoms with Crippen LogP contribution in [0.15, 0.2) is 0 Å². The predicted octanol–water partition coefficient (Wildman–Crippen LogP) is 3.14. The SMILES string of the molecule is CCC(=O)O.CCC(=O)O.CCCCCCCCC(O)C(=O)O. The Labute approximate surface area is 138 Å². The molecule has 0 aliphatic carbocycles. The van der Waals surface area contributed by atoms with E-state index in [2.05, 4.69) is 6.92 Å². The van der Waals surface area contributed by atoms with Gasteiger partial charge in [0.2, 0.25) is 0 Å². The number of aliphatic carboxylic acids is 3. The van der Waals surface area contributed by atoms with Crippen LogP contribution in [0, 0.1) is 0 Å². The van der Waals surface area contributed by atoms with Gasteiger partial charge in [-0.2, -0.15) is 0 Å². The van der Waals surface area contributed by atoms with E-state index in [0.29, 0.717) is 6.42 Å². The molecule has 1 unspecified atom stereocenters. The summed E-state index contributed by atoms with van der Waals surface area (Å²) < 4.78 is 0. The topological polar surface area (TPSA) is 132 Å². The molecule has 0 aromatic carbocycles. The van der Waals surface area contributed by atoms with E-state index in [1.165, 1.54) is 19.3 Å². The Morgan fingerprint density at radius 3 is 1.39 bits per heavy atom. The summed E-state index contributed by atoms with van der Waals surface area (Å²) >= 11 is 0. The average molecular weight is 336 g/mol. The fraction of sp³-hybridized carbons (Fsp3) is 0.812. The van der Waals surface area contributed by atoms with Gasteiger partial charge in [-0.15, -0.1) is 0 Å². The minimum atomic E-state index is -1.16. The summed E-state index contributed by atoms with van der Waals surface area (Å²) in [6.45, 7) is 5.36. The molecule has 0 aromatic heterocycles. The Bertz CT molecular complexity index is 289. The van der Waals surface area contributed by atoms with Gasteiger partial charge in [0, 0.05) is 12.8 Å². The number of rotatable bonds is 10. The van der Waals surface area contributed by atoms with Gasteiger partial charge < -0.3 is 20.4 Å². The Kier molecular flexibility index (Phi) is 23.3. The molecular formula is C16H32O7. The van der Waals surface area contributed by atoms with Crippen LogP contribution in [0.3, 0.4) is 0 Å². The number of carbonyl (C=O) groups is 3. The number of carboxylic acid groups (broad SMARTS) is 3. The van der Waals surface area contributed by atoms with Crippen LogP contribution in [0.2, 0.25) is 0 Å². The van der Waals surface area contributed by atoms with E-state index in [9.17, 15) is 14.4 Å². The van der Waals surface area contributed by atoms with Gasteiger partial charge in [0.05, 0.1) is 0 Å². The number of carboxylic acids is 3. The van der Waals surface area contributed by atoms with Gasteiger partial charge in [0.25, 0.3) is 0 Å². The van der Waals surface area contributed by atoms with Crippen LogP contribution in [-0.4, -0.2) is 44.4 Å². The Balaban J connectivity index is -0.000000329. The van der Waals surface area contributed by atoms with Crippen molar-refractivity contribution in [3.63, 3.8) is 0 Å². The fourth-order valence-corrected chi connectivity index (χ4v) is 1.24. The molecule has 0 spiro atoms. The predicted molar refractivity (Wildman–Crippen MR) is 87.5 cm³/mol. The molecule has 7 heteroatoms. The number of hydrogen-bond acceptors (Lipinski definition) is 4. The van der Waals surface area contributed by atoms with Gasteiger partial charge in [0.1, 0.15) is 0 Å². The molecule has 23 heavy (non-hydrogen) atoms. The molecule has 0 fully saturated rings. The average Bonchev–Trinajstić information content (AvgIpc) is 2.51. The zero-order chi connectivity index (χ0) is 18.7. The smallest absolute Gasteiger partial charge is 0.332 e. The maximum absolute atomic E-state index is 10.2. The van der Waals surface area contributed by atoms with E-state index in [1.54, 1.807) is 13.8 Å². The van der Waals surface area contributed by atoms with Crippen molar-refractivity contribution in [1.82, 2.24) is 0 Å². The van der Waals surface area contributed by atoms with E-state index in [4.69, 9.17) is 20.4 Å². The summed E-state index contributed by atoms with van der Waals surface area (Å²) in [5, 5.41) is 32.7. The second-order valence-electron chi connectivity index (χ2n) is 4.91. The first-order valence-electron chi connectivity index (χ1n) is 8.07. The lowest BCUT2D eigenvalue weighted by atomic mass is 10.1. The van der Waals surface area contributed by atoms with E-state index in [-0.39, 0.29) is 12.8 Å². The number of hydrogen-bond donors (Lipinski definition) is 4. The van der Waals surface area contributed by atoms with Crippen LogP contribution >= 0.6 is 0 Å². The van der Waals surface area contributed by atoms with Gasteiger partial charge in [-0.3, -0.25) is 9.59 Å². The molecule has 7 nitrogen and oxygen atoms in total. The molecule has 0 aromatic rings. The quantitative estimate of drug-likeness (QED) is 0.450. The number of unbranched alkanes of at least 4 members (excludes halogenated alkanes) is 5. The van der Waals surface area contributed by atoms with E-state index < -0.39 is 24.0 Å². The third kappa shape index (κ3) is 33.3. The zero-order valence-corrected chi connectivity index (χ0v) is 14.5. The van der Waals surface area contributed by atoms with Crippen molar-refractivity contribution in [3.8, 4) is 0 Å². The van der Waals surface area contributed by atoms with Gasteiger partial charge >= 0.3 is 17.9 Å². The molecule has 0 saturated carbocycles. The zero-order valence-electron chi connectivity index (χ0n) is 14.5. The monoisotopic (exact) mass is 336 g/mol. The van der Waals surface area contributed by atoms with Gasteiger partial charge in [-0.1, -0.05) is 59.3 Å². The van der Waals surface area contributed by atoms with Crippen molar-refractivity contribution in [1.29, 1.82) is 0 Å². The van der Waals surface area contributed by atoms with Crippen LogP contribution in [0.5, 0.6) is 0 Å². The molecule has 0 heterocycles. The van der Waals surface area contributed by atoms with E-state index >= 15 is 0 Å². The lowest BCUT2D eigenvalue weighted by Crippen LogP contribution is -2.18. The van der Waals surface area contributed by atoms with Crippen molar-refractivity contribution in [3.05, 3.63) is 0 Å². The molecule has 1 atom stereocenters. The highest BCUT2D eigenvalue weighted by molar-refractivity contribution is 5.71. The lowest BCUT2D eigenvalue weighted by molar-refractivity contribution is -0.147. The van der Waals surface area contributed by atoms with Crippen LogP contribution in [0.1, 0.15) is 78.6 Å². The first-order valence-corrected chi connectivity index (χ1v) is 8.07. The normalized spacial score (nSPS) is 10.4. The number of aliphatic hydroxyl groups excluding tert-OH is 1. The summed E-state index contributed by atoms with van der Waals surface area (Å²) in [4.78, 5) is 29.0. The summed E-state index contributed by atoms with van der Waals surface area (Å²) in [5.41, 5.74) is 0. The summed E-state index contributed by atoms with van der Waals surface area (Å²) in [7, 11) is 0. The van der Waals surface area contributed by atoms with Crippen molar-refractivity contribution < 1.29 is 34.8 Å². The first kappa shape index (κ1) is 26.3. The molecule has 4 N–H and O–H groups in total. The van der Waals surface area contributed by atoms with Crippen molar-refractivity contribution in [2.75, 3.05) is 0 Å². The third-order valence-corrected chi connectivity index (χ3v) is 2.72. The molecule has 0 radical (unpaired) electrons. The molecule has 0 aliphatic rings. The maximum atomic E-state index is 10.2. The highest BCUT2D eigenvalue weighted by atomic mass is 16.4. The fourth-order valence-electron chi connectivity index (χ4n) is 1.24. The summed E-state index contributed by atoms with van der Waals surface area (Å²) in [5.74, 6) is -2.59. The van der Waals surface area contributed by atoms with Gasteiger partial charge in [-0.05, 0) is 6.42 Å². The largest absolute Gasteiger partial charge is 0.481 e. The van der Waals surface area contributed by atoms with E-state index in [0.717, 1.165) is 19.3 Å². The minimum absolute atomic E-state index is 0.222.